The van der Waals surface area contributed by atoms with Crippen molar-refractivity contribution < 1.29 is 29.9 Å². The second kappa shape index (κ2) is 6.19. The molecule has 0 amide bonds. The van der Waals surface area contributed by atoms with Crippen molar-refractivity contribution in [2.75, 3.05) is 6.61 Å². The molecule has 21 heavy (non-hydrogen) atoms. The van der Waals surface area contributed by atoms with Gasteiger partial charge in [-0.05, 0) is 30.5 Å². The predicted molar refractivity (Wildman–Crippen MR) is 75.3 cm³/mol. The highest BCUT2D eigenvalue weighted by molar-refractivity contribution is 5.46. The predicted octanol–water partition coefficient (Wildman–Crippen LogP) is 0.642. The summed E-state index contributed by atoms with van der Waals surface area (Å²) in [5, 5.41) is 38.9. The van der Waals surface area contributed by atoms with Crippen molar-refractivity contribution >= 4 is 0 Å². The Morgan fingerprint density at radius 1 is 1.19 bits per heavy atom. The largest absolute Gasteiger partial charge is 0.508 e. The van der Waals surface area contributed by atoms with Gasteiger partial charge < -0.3 is 29.9 Å². The Balaban J connectivity index is 2.21. The molecule has 1 heterocycles. The summed E-state index contributed by atoms with van der Waals surface area (Å²) in [5.41, 5.74) is 1.41. The minimum Gasteiger partial charge on any atom is -0.508 e. The maximum atomic E-state index is 9.91. The molecule has 6 heteroatoms. The van der Waals surface area contributed by atoms with Gasteiger partial charge in [0.1, 0.15) is 29.8 Å². The molecule has 1 aromatic rings. The van der Waals surface area contributed by atoms with Crippen LogP contribution in [0.1, 0.15) is 30.9 Å². The molecule has 0 saturated carbocycles. The Labute approximate surface area is 123 Å². The number of aliphatic hydroxyl groups excluding tert-OH is 3. The summed E-state index contributed by atoms with van der Waals surface area (Å²) in [6.45, 7) is 5.54. The molecular formula is C15H22O6. The molecule has 6 nitrogen and oxygen atoms in total. The van der Waals surface area contributed by atoms with Crippen molar-refractivity contribution in [3.8, 4) is 11.5 Å². The highest BCUT2D eigenvalue weighted by Gasteiger charge is 2.39. The lowest BCUT2D eigenvalue weighted by Crippen LogP contribution is -2.54. The van der Waals surface area contributed by atoms with E-state index in [1.165, 1.54) is 0 Å². The fourth-order valence-electron chi connectivity index (χ4n) is 2.29. The lowest BCUT2D eigenvalue weighted by atomic mass is 10.00. The molecule has 118 valence electrons. The quantitative estimate of drug-likeness (QED) is 0.653. The van der Waals surface area contributed by atoms with E-state index in [4.69, 9.17) is 9.47 Å². The first-order valence-corrected chi connectivity index (χ1v) is 6.97. The fourth-order valence-corrected chi connectivity index (χ4v) is 2.29. The zero-order chi connectivity index (χ0) is 15.7. The molecule has 1 saturated heterocycles. The molecule has 0 aliphatic carbocycles. The van der Waals surface area contributed by atoms with E-state index >= 15 is 0 Å². The van der Waals surface area contributed by atoms with Gasteiger partial charge in [-0.1, -0.05) is 13.8 Å². The summed E-state index contributed by atoms with van der Waals surface area (Å²) < 4.78 is 10.8. The Morgan fingerprint density at radius 3 is 2.48 bits per heavy atom. The van der Waals surface area contributed by atoms with E-state index in [1.807, 2.05) is 13.8 Å². The van der Waals surface area contributed by atoms with Crippen LogP contribution < -0.4 is 4.74 Å². The Bertz CT molecular complexity index is 501. The normalized spacial score (nSPS) is 29.7. The monoisotopic (exact) mass is 298 g/mol. The molecule has 4 N–H and O–H groups in total. The maximum absolute atomic E-state index is 9.91. The minimum absolute atomic E-state index is 0.109. The van der Waals surface area contributed by atoms with E-state index < -0.39 is 24.6 Å². The zero-order valence-corrected chi connectivity index (χ0v) is 12.4. The van der Waals surface area contributed by atoms with Gasteiger partial charge in [-0.2, -0.15) is 0 Å². The van der Waals surface area contributed by atoms with Gasteiger partial charge in [0.05, 0.1) is 6.61 Å². The van der Waals surface area contributed by atoms with Gasteiger partial charge in [-0.15, -0.1) is 0 Å². The van der Waals surface area contributed by atoms with Crippen LogP contribution >= 0.6 is 0 Å². The molecular weight excluding hydrogens is 276 g/mol. The van der Waals surface area contributed by atoms with Crippen LogP contribution in [0.3, 0.4) is 0 Å². The molecule has 4 atom stereocenters. The summed E-state index contributed by atoms with van der Waals surface area (Å²) in [5.74, 6) is 0.761. The highest BCUT2D eigenvalue weighted by atomic mass is 16.7. The van der Waals surface area contributed by atoms with E-state index in [0.29, 0.717) is 11.3 Å². The lowest BCUT2D eigenvalue weighted by molar-refractivity contribution is -0.242. The number of aryl methyl sites for hydroxylation is 1. The Kier molecular flexibility index (Phi) is 4.73. The third kappa shape index (κ3) is 3.29. The number of aromatic hydroxyl groups is 1. The van der Waals surface area contributed by atoms with Crippen LogP contribution in [0.15, 0.2) is 12.1 Å². The summed E-state index contributed by atoms with van der Waals surface area (Å²) in [6, 6.07) is 3.29. The average Bonchev–Trinajstić information content (AvgIpc) is 2.41. The topological polar surface area (TPSA) is 99.4 Å². The van der Waals surface area contributed by atoms with Crippen molar-refractivity contribution in [1.82, 2.24) is 0 Å². The standard InChI is InChI=1S/C15H22O6/c1-7(2)9-5-12(8(3)4-10(9)16)21-15-14(19)13(18)11(17)6-20-15/h4-5,7,11,13-19H,6H2,1-3H3/t11-,13+,14-,15+/m1/s1. The van der Waals surface area contributed by atoms with Crippen molar-refractivity contribution in [1.29, 1.82) is 0 Å². The number of benzene rings is 1. The van der Waals surface area contributed by atoms with E-state index in [0.717, 1.165) is 5.56 Å². The molecule has 0 spiro atoms. The second-order valence-corrected chi connectivity index (χ2v) is 5.70. The van der Waals surface area contributed by atoms with Crippen molar-refractivity contribution in [3.05, 3.63) is 23.3 Å². The average molecular weight is 298 g/mol. The third-order valence-corrected chi connectivity index (χ3v) is 3.64. The Morgan fingerprint density at radius 2 is 1.86 bits per heavy atom. The number of aliphatic hydroxyl groups is 3. The fraction of sp³-hybridized carbons (Fsp3) is 0.600. The van der Waals surface area contributed by atoms with Gasteiger partial charge in [-0.3, -0.25) is 0 Å². The molecule has 0 unspecified atom stereocenters. The van der Waals surface area contributed by atoms with Gasteiger partial charge in [0, 0.05) is 5.56 Å². The molecule has 0 radical (unpaired) electrons. The molecule has 1 aromatic carbocycles. The van der Waals surface area contributed by atoms with Crippen LogP contribution in [0, 0.1) is 6.92 Å². The molecule has 1 aliphatic rings. The van der Waals surface area contributed by atoms with Crippen molar-refractivity contribution in [2.45, 2.75) is 51.3 Å². The number of phenols is 1. The maximum Gasteiger partial charge on any atom is 0.228 e. The van der Waals surface area contributed by atoms with Crippen LogP contribution in [0.5, 0.6) is 11.5 Å². The number of rotatable bonds is 3. The summed E-state index contributed by atoms with van der Waals surface area (Å²) in [4.78, 5) is 0. The first-order valence-electron chi connectivity index (χ1n) is 6.97. The third-order valence-electron chi connectivity index (χ3n) is 3.64. The van der Waals surface area contributed by atoms with Gasteiger partial charge >= 0.3 is 0 Å². The number of phenolic OH excluding ortho intramolecular Hbond substituents is 1. The van der Waals surface area contributed by atoms with Crippen LogP contribution in [-0.4, -0.2) is 51.6 Å². The summed E-state index contributed by atoms with van der Waals surface area (Å²) in [6.07, 6.45) is -4.85. The second-order valence-electron chi connectivity index (χ2n) is 5.70. The highest BCUT2D eigenvalue weighted by Crippen LogP contribution is 2.33. The number of hydrogen-bond acceptors (Lipinski definition) is 6. The van der Waals surface area contributed by atoms with Crippen LogP contribution in [-0.2, 0) is 4.74 Å². The molecule has 2 rings (SSSR count). The lowest BCUT2D eigenvalue weighted by Gasteiger charge is -2.35. The SMILES string of the molecule is Cc1cc(O)c(C(C)C)cc1O[C@@H]1OC[C@@H](O)[C@H](O)[C@H]1O. The van der Waals surface area contributed by atoms with Crippen molar-refractivity contribution in [3.63, 3.8) is 0 Å². The molecule has 0 aromatic heterocycles. The van der Waals surface area contributed by atoms with Gasteiger partial charge in [0.2, 0.25) is 6.29 Å². The smallest absolute Gasteiger partial charge is 0.228 e. The van der Waals surface area contributed by atoms with Gasteiger partial charge in [0.25, 0.3) is 0 Å². The molecule has 1 aliphatic heterocycles. The first-order chi connectivity index (χ1) is 9.81. The van der Waals surface area contributed by atoms with Crippen molar-refractivity contribution in [2.24, 2.45) is 0 Å². The van der Waals surface area contributed by atoms with E-state index in [9.17, 15) is 20.4 Å². The molecule has 0 bridgehead atoms. The zero-order valence-electron chi connectivity index (χ0n) is 12.4. The Hall–Kier alpha value is -1.34. The van der Waals surface area contributed by atoms with Crippen LogP contribution in [0.25, 0.3) is 0 Å². The van der Waals surface area contributed by atoms with E-state index in [1.54, 1.807) is 19.1 Å². The number of ether oxygens (including phenoxy) is 2. The summed E-state index contributed by atoms with van der Waals surface area (Å²) >= 11 is 0. The first kappa shape index (κ1) is 16.0. The van der Waals surface area contributed by atoms with E-state index in [2.05, 4.69) is 0 Å². The van der Waals surface area contributed by atoms with E-state index in [-0.39, 0.29) is 18.3 Å². The van der Waals surface area contributed by atoms with Crippen LogP contribution in [0.2, 0.25) is 0 Å². The number of hydrogen-bond donors (Lipinski definition) is 4. The minimum atomic E-state index is -1.34. The molecule has 1 fully saturated rings. The van der Waals surface area contributed by atoms with Crippen LogP contribution in [0.4, 0.5) is 0 Å². The van der Waals surface area contributed by atoms with Gasteiger partial charge in [-0.25, -0.2) is 0 Å². The summed E-state index contributed by atoms with van der Waals surface area (Å²) in [7, 11) is 0. The van der Waals surface area contributed by atoms with Gasteiger partial charge in [0.15, 0.2) is 0 Å².